The van der Waals surface area contributed by atoms with E-state index in [2.05, 4.69) is 28.1 Å². The number of aromatic nitrogens is 1. The molecule has 0 N–H and O–H groups in total. The molecule has 38 heavy (non-hydrogen) atoms. The van der Waals surface area contributed by atoms with E-state index in [4.69, 9.17) is 9.15 Å². The molecule has 4 aromatic rings. The molecule has 0 radical (unpaired) electrons. The van der Waals surface area contributed by atoms with E-state index in [1.54, 1.807) is 37.3 Å². The molecular formula is C30H29ClN4O3. The summed E-state index contributed by atoms with van der Waals surface area (Å²) in [5, 5.41) is 10.1. The summed E-state index contributed by atoms with van der Waals surface area (Å²) in [4.78, 5) is 20.8. The van der Waals surface area contributed by atoms with E-state index in [0.29, 0.717) is 22.5 Å². The van der Waals surface area contributed by atoms with Gasteiger partial charge in [0, 0.05) is 61.7 Å². The highest BCUT2D eigenvalue weighted by Crippen LogP contribution is 2.52. The van der Waals surface area contributed by atoms with Gasteiger partial charge < -0.3 is 14.1 Å². The number of fused-ring (bicyclic) bond motifs is 1. The van der Waals surface area contributed by atoms with Gasteiger partial charge >= 0.3 is 0 Å². The van der Waals surface area contributed by atoms with Gasteiger partial charge in [0.05, 0.1) is 24.8 Å². The van der Waals surface area contributed by atoms with Crippen LogP contribution in [0.4, 0.5) is 0 Å². The number of halogens is 1. The molecule has 7 nitrogen and oxygen atoms in total. The number of furan rings is 1. The third-order valence-corrected chi connectivity index (χ3v) is 7.53. The van der Waals surface area contributed by atoms with Crippen molar-refractivity contribution in [2.45, 2.75) is 18.4 Å². The maximum Gasteiger partial charge on any atom is 0.253 e. The summed E-state index contributed by atoms with van der Waals surface area (Å²) in [6.07, 6.45) is 3.91. The lowest BCUT2D eigenvalue weighted by molar-refractivity contribution is 0.00829. The van der Waals surface area contributed by atoms with Crippen LogP contribution < -0.4 is 0 Å². The number of hydrogen-bond acceptors (Lipinski definition) is 6. The van der Waals surface area contributed by atoms with Gasteiger partial charge in [-0.15, -0.1) is 12.4 Å². The first-order valence-electron chi connectivity index (χ1n) is 12.6. The van der Waals surface area contributed by atoms with Gasteiger partial charge in [-0.2, -0.15) is 5.26 Å². The van der Waals surface area contributed by atoms with Gasteiger partial charge in [-0.25, -0.2) is 0 Å². The summed E-state index contributed by atoms with van der Waals surface area (Å²) >= 11 is 0. The van der Waals surface area contributed by atoms with Crippen LogP contribution in [0.1, 0.15) is 34.3 Å². The Morgan fingerprint density at radius 1 is 1.03 bits per heavy atom. The Labute approximate surface area is 228 Å². The standard InChI is InChI=1S/C30H28N4O3.ClH/c1-33(2)29(35)21-5-3-20(4-6-21)27-18-26-28(37-27)24(9-12-32-26)22-7-8-25(23(17-22)19-31)30(10-11-30)34-13-15-36-16-14-34;/h3-9,12,17-18H,10-11,13-16H2,1-2H3;1H. The number of pyridine rings is 1. The fourth-order valence-corrected chi connectivity index (χ4v) is 5.42. The van der Waals surface area contributed by atoms with Crippen LogP contribution in [0.25, 0.3) is 33.6 Å². The SMILES string of the molecule is CN(C)C(=O)c1ccc(-c2cc3nccc(-c4ccc(C5(N6CCOCC6)CC5)c(C#N)c4)c3o2)cc1.Cl. The summed E-state index contributed by atoms with van der Waals surface area (Å²) in [5.41, 5.74) is 6.52. The van der Waals surface area contributed by atoms with Crippen molar-refractivity contribution in [3.8, 4) is 28.5 Å². The zero-order valence-electron chi connectivity index (χ0n) is 21.4. The number of amides is 1. The van der Waals surface area contributed by atoms with Crippen LogP contribution in [0.2, 0.25) is 0 Å². The summed E-state index contributed by atoms with van der Waals surface area (Å²) < 4.78 is 11.9. The Morgan fingerprint density at radius 2 is 1.74 bits per heavy atom. The molecular weight excluding hydrogens is 500 g/mol. The van der Waals surface area contributed by atoms with Crippen molar-refractivity contribution in [2.75, 3.05) is 40.4 Å². The van der Waals surface area contributed by atoms with E-state index < -0.39 is 0 Å². The van der Waals surface area contributed by atoms with Crippen LogP contribution in [0.3, 0.4) is 0 Å². The number of carbonyl (C=O) groups excluding carboxylic acids is 1. The Bertz CT molecular complexity index is 1530. The van der Waals surface area contributed by atoms with Crippen molar-refractivity contribution in [1.29, 1.82) is 5.26 Å². The summed E-state index contributed by atoms with van der Waals surface area (Å²) in [5.74, 6) is 0.638. The lowest BCUT2D eigenvalue weighted by Gasteiger charge is -2.35. The smallest absolute Gasteiger partial charge is 0.253 e. The number of nitrogens with zero attached hydrogens (tertiary/aromatic N) is 4. The molecule has 6 rings (SSSR count). The van der Waals surface area contributed by atoms with E-state index in [-0.39, 0.29) is 23.9 Å². The first-order chi connectivity index (χ1) is 18.0. The molecule has 2 fully saturated rings. The second kappa shape index (κ2) is 10.2. The van der Waals surface area contributed by atoms with E-state index in [0.717, 1.165) is 66.9 Å². The van der Waals surface area contributed by atoms with Gasteiger partial charge in [-0.05, 0) is 48.2 Å². The second-order valence-electron chi connectivity index (χ2n) is 9.96. The van der Waals surface area contributed by atoms with Crippen molar-refractivity contribution in [3.05, 3.63) is 77.5 Å². The number of hydrogen-bond donors (Lipinski definition) is 0. The van der Waals surface area contributed by atoms with Crippen molar-refractivity contribution < 1.29 is 13.9 Å². The molecule has 1 saturated carbocycles. The molecule has 1 amide bonds. The van der Waals surface area contributed by atoms with Crippen LogP contribution in [-0.2, 0) is 10.3 Å². The molecule has 0 unspecified atom stereocenters. The van der Waals surface area contributed by atoms with Crippen LogP contribution >= 0.6 is 12.4 Å². The molecule has 3 heterocycles. The maximum absolute atomic E-state index is 12.2. The lowest BCUT2D eigenvalue weighted by atomic mass is 9.93. The van der Waals surface area contributed by atoms with Gasteiger partial charge in [-0.3, -0.25) is 14.7 Å². The summed E-state index contributed by atoms with van der Waals surface area (Å²) in [6.45, 7) is 3.28. The minimum Gasteiger partial charge on any atom is -0.454 e. The molecule has 1 saturated heterocycles. The van der Waals surface area contributed by atoms with Crippen molar-refractivity contribution in [2.24, 2.45) is 0 Å². The second-order valence-corrected chi connectivity index (χ2v) is 9.96. The molecule has 1 aliphatic heterocycles. The van der Waals surface area contributed by atoms with E-state index in [9.17, 15) is 10.1 Å². The number of ether oxygens (including phenoxy) is 1. The number of morpholine rings is 1. The van der Waals surface area contributed by atoms with Gasteiger partial charge in [0.15, 0.2) is 5.58 Å². The molecule has 2 aromatic heterocycles. The van der Waals surface area contributed by atoms with E-state index in [1.165, 1.54) is 0 Å². The molecule has 2 aromatic carbocycles. The largest absolute Gasteiger partial charge is 0.454 e. The lowest BCUT2D eigenvalue weighted by Crippen LogP contribution is -2.44. The number of benzene rings is 2. The third kappa shape index (κ3) is 4.45. The third-order valence-electron chi connectivity index (χ3n) is 7.53. The highest BCUT2D eigenvalue weighted by atomic mass is 35.5. The molecule has 1 aliphatic carbocycles. The first kappa shape index (κ1) is 25.9. The van der Waals surface area contributed by atoms with Gasteiger partial charge in [-0.1, -0.05) is 24.3 Å². The number of rotatable bonds is 5. The topological polar surface area (TPSA) is 82.6 Å². The van der Waals surface area contributed by atoms with Crippen molar-refractivity contribution in [1.82, 2.24) is 14.8 Å². The first-order valence-corrected chi connectivity index (χ1v) is 12.6. The fraction of sp³-hybridized carbons (Fsp3) is 0.300. The van der Waals surface area contributed by atoms with Crippen LogP contribution in [-0.4, -0.2) is 61.1 Å². The molecule has 0 spiro atoms. The van der Waals surface area contributed by atoms with Gasteiger partial charge in [0.1, 0.15) is 11.3 Å². The molecule has 194 valence electrons. The van der Waals surface area contributed by atoms with E-state index in [1.807, 2.05) is 30.3 Å². The molecule has 2 aliphatic rings. The van der Waals surface area contributed by atoms with Gasteiger partial charge in [0.2, 0.25) is 0 Å². The highest BCUT2D eigenvalue weighted by Gasteiger charge is 2.50. The monoisotopic (exact) mass is 528 g/mol. The minimum atomic E-state index is -0.0431. The zero-order valence-corrected chi connectivity index (χ0v) is 22.3. The average Bonchev–Trinajstić information content (AvgIpc) is 3.63. The fourth-order valence-electron chi connectivity index (χ4n) is 5.42. The summed E-state index contributed by atoms with van der Waals surface area (Å²) in [7, 11) is 3.47. The molecule has 0 bridgehead atoms. The minimum absolute atomic E-state index is 0. The van der Waals surface area contributed by atoms with Crippen LogP contribution in [0.15, 0.2) is 65.2 Å². The normalized spacial score (nSPS) is 16.4. The Morgan fingerprint density at radius 3 is 2.39 bits per heavy atom. The number of nitriles is 1. The Kier molecular flexibility index (Phi) is 6.97. The molecule has 8 heteroatoms. The quantitative estimate of drug-likeness (QED) is 0.341. The predicted octanol–water partition coefficient (Wildman–Crippen LogP) is 5.48. The zero-order chi connectivity index (χ0) is 25.6. The predicted molar refractivity (Wildman–Crippen MR) is 148 cm³/mol. The van der Waals surface area contributed by atoms with E-state index >= 15 is 0 Å². The Hall–Kier alpha value is -3.70. The van der Waals surface area contributed by atoms with Crippen LogP contribution in [0, 0.1) is 11.3 Å². The van der Waals surface area contributed by atoms with Crippen molar-refractivity contribution >= 4 is 29.4 Å². The maximum atomic E-state index is 12.2. The van der Waals surface area contributed by atoms with Crippen molar-refractivity contribution in [3.63, 3.8) is 0 Å². The van der Waals surface area contributed by atoms with Crippen LogP contribution in [0.5, 0.6) is 0 Å². The van der Waals surface area contributed by atoms with Gasteiger partial charge in [0.25, 0.3) is 5.91 Å². The molecule has 0 atom stereocenters. The Balaban J connectivity index is 0.00000294. The summed E-state index contributed by atoms with van der Waals surface area (Å²) in [6, 6.07) is 19.9. The number of carbonyl (C=O) groups is 1. The highest BCUT2D eigenvalue weighted by molar-refractivity contribution is 5.95. The average molecular weight is 529 g/mol.